The van der Waals surface area contributed by atoms with Crippen LogP contribution in [-0.4, -0.2) is 19.5 Å². The van der Waals surface area contributed by atoms with Gasteiger partial charge >= 0.3 is 0 Å². The van der Waals surface area contributed by atoms with Gasteiger partial charge in [0.1, 0.15) is 5.69 Å². The van der Waals surface area contributed by atoms with Gasteiger partial charge in [-0.05, 0) is 7.05 Å². The van der Waals surface area contributed by atoms with Gasteiger partial charge in [0, 0.05) is 19.0 Å². The maximum Gasteiger partial charge on any atom is 0.225 e. The highest BCUT2D eigenvalue weighted by Gasteiger charge is 2.20. The maximum absolute atomic E-state index is 13.1. The van der Waals surface area contributed by atoms with Crippen LogP contribution < -0.4 is 10.6 Å². The lowest BCUT2D eigenvalue weighted by molar-refractivity contribution is -0.116. The molecular formula is C10H10F4N2O. The van der Waals surface area contributed by atoms with Gasteiger partial charge in [-0.1, -0.05) is 0 Å². The number of benzene rings is 1. The van der Waals surface area contributed by atoms with E-state index in [1.807, 2.05) is 0 Å². The first kappa shape index (κ1) is 13.4. The average Bonchev–Trinajstić information content (AvgIpc) is 2.29. The number of hydrogen-bond donors (Lipinski definition) is 2. The van der Waals surface area contributed by atoms with E-state index in [1.54, 1.807) is 12.4 Å². The third-order valence-corrected chi connectivity index (χ3v) is 1.98. The molecule has 1 aromatic carbocycles. The lowest BCUT2D eigenvalue weighted by Gasteiger charge is -2.08. The summed E-state index contributed by atoms with van der Waals surface area (Å²) in [5.74, 6) is -7.12. The van der Waals surface area contributed by atoms with E-state index in [0.717, 1.165) is 0 Å². The van der Waals surface area contributed by atoms with Crippen LogP contribution in [0.4, 0.5) is 23.2 Å². The Balaban J connectivity index is 2.94. The first-order valence-corrected chi connectivity index (χ1v) is 4.74. The highest BCUT2D eigenvalue weighted by atomic mass is 19.2. The normalized spacial score (nSPS) is 10.4. The molecule has 0 aliphatic carbocycles. The molecule has 0 spiro atoms. The predicted molar refractivity (Wildman–Crippen MR) is 53.4 cm³/mol. The van der Waals surface area contributed by atoms with Crippen molar-refractivity contribution in [3.05, 3.63) is 29.3 Å². The number of nitrogens with one attached hydrogen (secondary N) is 2. The van der Waals surface area contributed by atoms with Crippen molar-refractivity contribution in [3.8, 4) is 0 Å². The number of hydrogen-bond acceptors (Lipinski definition) is 2. The molecule has 7 heteroatoms. The number of rotatable bonds is 4. The van der Waals surface area contributed by atoms with Crippen molar-refractivity contribution in [1.29, 1.82) is 0 Å². The highest BCUT2D eigenvalue weighted by Crippen LogP contribution is 2.24. The largest absolute Gasteiger partial charge is 0.321 e. The molecule has 17 heavy (non-hydrogen) atoms. The molecule has 0 aromatic heterocycles. The third kappa shape index (κ3) is 3.16. The van der Waals surface area contributed by atoms with Crippen molar-refractivity contribution in [2.45, 2.75) is 6.42 Å². The molecule has 0 radical (unpaired) electrons. The van der Waals surface area contributed by atoms with Crippen LogP contribution in [0.1, 0.15) is 6.42 Å². The first-order valence-electron chi connectivity index (χ1n) is 4.74. The summed E-state index contributed by atoms with van der Waals surface area (Å²) < 4.78 is 51.8. The summed E-state index contributed by atoms with van der Waals surface area (Å²) >= 11 is 0. The Bertz CT molecular complexity index is 411. The van der Waals surface area contributed by atoms with E-state index in [1.165, 1.54) is 0 Å². The molecule has 1 aromatic rings. The molecule has 0 heterocycles. The van der Waals surface area contributed by atoms with E-state index in [9.17, 15) is 22.4 Å². The fraction of sp³-hybridized carbons (Fsp3) is 0.300. The van der Waals surface area contributed by atoms with Gasteiger partial charge < -0.3 is 10.6 Å². The third-order valence-electron chi connectivity index (χ3n) is 1.98. The molecule has 3 nitrogen and oxygen atoms in total. The molecular weight excluding hydrogens is 240 g/mol. The Hall–Kier alpha value is -1.63. The van der Waals surface area contributed by atoms with E-state index >= 15 is 0 Å². The Morgan fingerprint density at radius 3 is 2.18 bits per heavy atom. The van der Waals surface area contributed by atoms with Crippen LogP contribution >= 0.6 is 0 Å². The summed E-state index contributed by atoms with van der Waals surface area (Å²) in [5.41, 5.74) is -1.11. The molecule has 0 aliphatic heterocycles. The minimum atomic E-state index is -1.62. The molecule has 2 N–H and O–H groups in total. The number of carbonyl (C=O) groups excluding carboxylic acids is 1. The molecule has 0 saturated carbocycles. The van der Waals surface area contributed by atoms with E-state index in [-0.39, 0.29) is 19.0 Å². The average molecular weight is 250 g/mol. The van der Waals surface area contributed by atoms with Gasteiger partial charge in [0.15, 0.2) is 23.3 Å². The number of carbonyl (C=O) groups is 1. The van der Waals surface area contributed by atoms with E-state index in [4.69, 9.17) is 0 Å². The Kier molecular flexibility index (Phi) is 4.45. The van der Waals surface area contributed by atoms with Gasteiger partial charge in [-0.15, -0.1) is 0 Å². The second-order valence-electron chi connectivity index (χ2n) is 3.24. The lowest BCUT2D eigenvalue weighted by atomic mass is 10.2. The smallest absolute Gasteiger partial charge is 0.225 e. The molecule has 1 amide bonds. The standard InChI is InChI=1S/C10H10F4N2O/c1-15-3-2-7(17)16-10-8(13)5(11)4-6(12)9(10)14/h4,15H,2-3H2,1H3,(H,16,17). The minimum Gasteiger partial charge on any atom is -0.321 e. The summed E-state index contributed by atoms with van der Waals surface area (Å²) in [5, 5.41) is 4.43. The van der Waals surface area contributed by atoms with Gasteiger partial charge in [0.2, 0.25) is 5.91 Å². The number of amides is 1. The van der Waals surface area contributed by atoms with Crippen molar-refractivity contribution in [2.75, 3.05) is 18.9 Å². The van der Waals surface area contributed by atoms with Crippen LogP contribution in [0, 0.1) is 23.3 Å². The van der Waals surface area contributed by atoms with Crippen molar-refractivity contribution >= 4 is 11.6 Å². The van der Waals surface area contributed by atoms with Gasteiger partial charge in [-0.2, -0.15) is 0 Å². The molecule has 0 aliphatic rings. The Morgan fingerprint density at radius 1 is 1.18 bits per heavy atom. The van der Waals surface area contributed by atoms with Crippen LogP contribution in [-0.2, 0) is 4.79 Å². The van der Waals surface area contributed by atoms with Crippen molar-refractivity contribution in [2.24, 2.45) is 0 Å². The summed E-state index contributed by atoms with van der Waals surface area (Å²) in [6.45, 7) is 0.271. The van der Waals surface area contributed by atoms with Gasteiger partial charge in [-0.3, -0.25) is 4.79 Å². The summed E-state index contributed by atoms with van der Waals surface area (Å²) in [6, 6.07) is 0.0773. The highest BCUT2D eigenvalue weighted by molar-refractivity contribution is 5.91. The molecule has 0 atom stereocenters. The number of halogens is 4. The molecule has 1 rings (SSSR count). The van der Waals surface area contributed by atoms with Crippen LogP contribution in [0.5, 0.6) is 0 Å². The van der Waals surface area contributed by atoms with Crippen molar-refractivity contribution in [1.82, 2.24) is 5.32 Å². The van der Waals surface area contributed by atoms with Gasteiger partial charge in [-0.25, -0.2) is 17.6 Å². The Morgan fingerprint density at radius 2 is 1.71 bits per heavy atom. The maximum atomic E-state index is 13.1. The second kappa shape index (κ2) is 5.62. The molecule has 94 valence electrons. The van der Waals surface area contributed by atoms with E-state index in [0.29, 0.717) is 0 Å². The summed E-state index contributed by atoms with van der Waals surface area (Å²) in [4.78, 5) is 11.2. The Labute approximate surface area is 94.8 Å². The zero-order valence-corrected chi connectivity index (χ0v) is 8.91. The zero-order valence-electron chi connectivity index (χ0n) is 8.91. The fourth-order valence-electron chi connectivity index (χ4n) is 1.12. The lowest BCUT2D eigenvalue weighted by Crippen LogP contribution is -2.20. The predicted octanol–water partition coefficient (Wildman–Crippen LogP) is 1.79. The van der Waals surface area contributed by atoms with E-state index < -0.39 is 34.9 Å². The van der Waals surface area contributed by atoms with Crippen LogP contribution in [0.2, 0.25) is 0 Å². The molecule has 0 saturated heterocycles. The topological polar surface area (TPSA) is 41.1 Å². The molecule has 0 unspecified atom stereocenters. The van der Waals surface area contributed by atoms with E-state index in [2.05, 4.69) is 5.32 Å². The number of anilines is 1. The van der Waals surface area contributed by atoms with Gasteiger partial charge in [0.05, 0.1) is 0 Å². The quantitative estimate of drug-likeness (QED) is 0.632. The fourth-order valence-corrected chi connectivity index (χ4v) is 1.12. The SMILES string of the molecule is CNCCC(=O)Nc1c(F)c(F)cc(F)c1F. The second-order valence-corrected chi connectivity index (χ2v) is 3.24. The molecule has 0 fully saturated rings. The zero-order chi connectivity index (χ0) is 13.0. The summed E-state index contributed by atoms with van der Waals surface area (Å²) in [6.07, 6.45) is -0.0759. The first-order chi connectivity index (χ1) is 7.97. The molecule has 0 bridgehead atoms. The monoisotopic (exact) mass is 250 g/mol. The van der Waals surface area contributed by atoms with Crippen molar-refractivity contribution < 1.29 is 22.4 Å². The van der Waals surface area contributed by atoms with Gasteiger partial charge in [0.25, 0.3) is 0 Å². The van der Waals surface area contributed by atoms with Crippen LogP contribution in [0.25, 0.3) is 0 Å². The van der Waals surface area contributed by atoms with Crippen molar-refractivity contribution in [3.63, 3.8) is 0 Å². The summed E-state index contributed by atoms with van der Waals surface area (Å²) in [7, 11) is 1.58. The van der Waals surface area contributed by atoms with Crippen LogP contribution in [0.15, 0.2) is 6.07 Å². The van der Waals surface area contributed by atoms with Crippen LogP contribution in [0.3, 0.4) is 0 Å². The minimum absolute atomic E-state index is 0.0759.